The number of aryl methyl sites for hydroxylation is 2. The van der Waals surface area contributed by atoms with Gasteiger partial charge in [0.05, 0.1) is 4.90 Å². The second kappa shape index (κ2) is 8.24. The third kappa shape index (κ3) is 4.76. The van der Waals surface area contributed by atoms with Crippen LogP contribution in [0, 0.1) is 13.8 Å². The molecule has 0 spiro atoms. The summed E-state index contributed by atoms with van der Waals surface area (Å²) in [4.78, 5) is 25.2. The van der Waals surface area contributed by atoms with Crippen LogP contribution in [0.2, 0.25) is 0 Å². The van der Waals surface area contributed by atoms with Crippen molar-refractivity contribution in [1.82, 2.24) is 0 Å². The Morgan fingerprint density at radius 1 is 1.00 bits per heavy atom. The van der Waals surface area contributed by atoms with Crippen molar-refractivity contribution in [2.45, 2.75) is 44.9 Å². The summed E-state index contributed by atoms with van der Waals surface area (Å²) >= 11 is 0. The monoisotopic (exact) mass is 415 g/mol. The highest BCUT2D eigenvalue weighted by molar-refractivity contribution is 7.92. The summed E-state index contributed by atoms with van der Waals surface area (Å²) in [7, 11) is -3.80. The number of rotatable bonds is 5. The zero-order chi connectivity index (χ0) is 21.2. The van der Waals surface area contributed by atoms with Gasteiger partial charge < -0.3 is 10.2 Å². The second-order valence-corrected chi connectivity index (χ2v) is 8.92. The number of sulfonamides is 1. The van der Waals surface area contributed by atoms with Gasteiger partial charge in [-0.05, 0) is 74.2 Å². The predicted octanol–water partition coefficient (Wildman–Crippen LogP) is 3.58. The molecule has 2 aromatic carbocycles. The van der Waals surface area contributed by atoms with Gasteiger partial charge in [0, 0.05) is 37.0 Å². The number of hydrogen-bond acceptors (Lipinski definition) is 4. The molecular weight excluding hydrogens is 390 g/mol. The van der Waals surface area contributed by atoms with E-state index < -0.39 is 10.0 Å². The smallest absolute Gasteiger partial charge is 0.262 e. The van der Waals surface area contributed by atoms with Gasteiger partial charge in [0.1, 0.15) is 0 Å². The molecule has 7 nitrogen and oxygen atoms in total. The average Bonchev–Trinajstić information content (AvgIpc) is 2.61. The molecule has 0 radical (unpaired) electrons. The summed E-state index contributed by atoms with van der Waals surface area (Å²) in [6.45, 7) is 5.62. The molecule has 154 valence electrons. The largest absolute Gasteiger partial charge is 0.326 e. The Bertz CT molecular complexity index is 1060. The molecule has 0 bridgehead atoms. The fourth-order valence-electron chi connectivity index (χ4n) is 3.52. The lowest BCUT2D eigenvalue weighted by Crippen LogP contribution is -2.35. The number of amides is 2. The minimum absolute atomic E-state index is 0.0996. The standard InChI is InChI=1S/C21H25N3O4S/c1-14-12-18(7-9-19(14)24-11-5-4-6-21(24)26)23-29(27,28)20-10-8-17(13-15(20)2)22-16(3)25/h7-10,12-13,23H,4-6,11H2,1-3H3,(H,22,25). The minimum Gasteiger partial charge on any atom is -0.326 e. The molecular formula is C21H25N3O4S. The lowest BCUT2D eigenvalue weighted by molar-refractivity contribution is -0.119. The van der Waals surface area contributed by atoms with Gasteiger partial charge in [-0.25, -0.2) is 8.42 Å². The summed E-state index contributed by atoms with van der Waals surface area (Å²) < 4.78 is 28.3. The van der Waals surface area contributed by atoms with Crippen molar-refractivity contribution in [1.29, 1.82) is 0 Å². The van der Waals surface area contributed by atoms with Crippen molar-refractivity contribution in [2.75, 3.05) is 21.5 Å². The highest BCUT2D eigenvalue weighted by Gasteiger charge is 2.22. The van der Waals surface area contributed by atoms with E-state index in [0.717, 1.165) is 24.1 Å². The molecule has 0 unspecified atom stereocenters. The Labute approximate surface area is 171 Å². The van der Waals surface area contributed by atoms with Crippen LogP contribution < -0.4 is 14.9 Å². The molecule has 2 aromatic rings. The topological polar surface area (TPSA) is 95.6 Å². The fraction of sp³-hybridized carbons (Fsp3) is 0.333. The van der Waals surface area contributed by atoms with Crippen molar-refractivity contribution in [3.05, 3.63) is 47.5 Å². The lowest BCUT2D eigenvalue weighted by atomic mass is 10.1. The summed E-state index contributed by atoms with van der Waals surface area (Å²) in [5, 5.41) is 2.64. The van der Waals surface area contributed by atoms with Gasteiger partial charge in [0.15, 0.2) is 0 Å². The average molecular weight is 416 g/mol. The number of benzene rings is 2. The Balaban J connectivity index is 1.82. The number of nitrogens with one attached hydrogen (secondary N) is 2. The van der Waals surface area contributed by atoms with Gasteiger partial charge in [0.2, 0.25) is 11.8 Å². The fourth-order valence-corrected chi connectivity index (χ4v) is 4.80. The van der Waals surface area contributed by atoms with E-state index in [1.54, 1.807) is 42.2 Å². The van der Waals surface area contributed by atoms with Gasteiger partial charge in [0.25, 0.3) is 10.0 Å². The minimum atomic E-state index is -3.80. The van der Waals surface area contributed by atoms with Gasteiger partial charge in [-0.15, -0.1) is 0 Å². The first-order valence-electron chi connectivity index (χ1n) is 9.49. The van der Waals surface area contributed by atoms with Crippen LogP contribution >= 0.6 is 0 Å². The molecule has 8 heteroatoms. The van der Waals surface area contributed by atoms with Crippen molar-refractivity contribution >= 4 is 38.9 Å². The Morgan fingerprint density at radius 3 is 2.31 bits per heavy atom. The quantitative estimate of drug-likeness (QED) is 0.780. The first kappa shape index (κ1) is 20.9. The summed E-state index contributed by atoms with van der Waals surface area (Å²) in [5.74, 6) is -0.122. The summed E-state index contributed by atoms with van der Waals surface area (Å²) in [5.41, 5.74) is 3.14. The van der Waals surface area contributed by atoms with E-state index >= 15 is 0 Å². The molecule has 0 aromatic heterocycles. The number of hydrogen-bond donors (Lipinski definition) is 2. The maximum absolute atomic E-state index is 12.8. The second-order valence-electron chi connectivity index (χ2n) is 7.27. The van der Waals surface area contributed by atoms with Crippen LogP contribution in [0.25, 0.3) is 0 Å². The van der Waals surface area contributed by atoms with E-state index in [9.17, 15) is 18.0 Å². The maximum Gasteiger partial charge on any atom is 0.262 e. The van der Waals surface area contributed by atoms with Gasteiger partial charge in [-0.2, -0.15) is 0 Å². The van der Waals surface area contributed by atoms with E-state index in [4.69, 9.17) is 0 Å². The van der Waals surface area contributed by atoms with Crippen LogP contribution in [0.1, 0.15) is 37.3 Å². The molecule has 1 aliphatic rings. The zero-order valence-corrected chi connectivity index (χ0v) is 17.6. The molecule has 0 saturated carbocycles. The van der Waals surface area contributed by atoms with Crippen LogP contribution in [0.5, 0.6) is 0 Å². The molecule has 0 aliphatic carbocycles. The van der Waals surface area contributed by atoms with Crippen LogP contribution in [-0.2, 0) is 19.6 Å². The van der Waals surface area contributed by atoms with Gasteiger partial charge >= 0.3 is 0 Å². The van der Waals surface area contributed by atoms with E-state index in [-0.39, 0.29) is 16.7 Å². The van der Waals surface area contributed by atoms with Gasteiger partial charge in [-0.1, -0.05) is 0 Å². The number of carbonyl (C=O) groups is 2. The van der Waals surface area contributed by atoms with Crippen LogP contribution in [0.3, 0.4) is 0 Å². The lowest BCUT2D eigenvalue weighted by Gasteiger charge is -2.28. The summed E-state index contributed by atoms with van der Waals surface area (Å²) in [6.07, 6.45) is 2.42. The van der Waals surface area contributed by atoms with E-state index in [0.29, 0.717) is 29.9 Å². The van der Waals surface area contributed by atoms with E-state index in [2.05, 4.69) is 10.0 Å². The van der Waals surface area contributed by atoms with Crippen LogP contribution in [0.4, 0.5) is 17.1 Å². The Hall–Kier alpha value is -2.87. The summed E-state index contributed by atoms with van der Waals surface area (Å²) in [6, 6.07) is 9.82. The van der Waals surface area contributed by atoms with Crippen molar-refractivity contribution < 1.29 is 18.0 Å². The molecule has 0 atom stereocenters. The van der Waals surface area contributed by atoms with Crippen molar-refractivity contribution in [3.63, 3.8) is 0 Å². The third-order valence-electron chi connectivity index (χ3n) is 4.85. The third-order valence-corrected chi connectivity index (χ3v) is 6.39. The molecule has 1 aliphatic heterocycles. The number of carbonyl (C=O) groups excluding carboxylic acids is 2. The number of anilines is 3. The molecule has 1 fully saturated rings. The molecule has 29 heavy (non-hydrogen) atoms. The normalized spacial score (nSPS) is 14.6. The number of piperidine rings is 1. The first-order valence-corrected chi connectivity index (χ1v) is 11.0. The molecule has 2 N–H and O–H groups in total. The van der Waals surface area contributed by atoms with Gasteiger partial charge in [-0.3, -0.25) is 14.3 Å². The Morgan fingerprint density at radius 2 is 1.69 bits per heavy atom. The van der Waals surface area contributed by atoms with Crippen molar-refractivity contribution in [3.8, 4) is 0 Å². The first-order chi connectivity index (χ1) is 13.7. The predicted molar refractivity (Wildman–Crippen MR) is 114 cm³/mol. The zero-order valence-electron chi connectivity index (χ0n) is 16.8. The SMILES string of the molecule is CC(=O)Nc1ccc(S(=O)(=O)Nc2ccc(N3CCCCC3=O)c(C)c2)c(C)c1. The molecule has 3 rings (SSSR count). The highest BCUT2D eigenvalue weighted by atomic mass is 32.2. The Kier molecular flexibility index (Phi) is 5.93. The molecule has 1 saturated heterocycles. The highest BCUT2D eigenvalue weighted by Crippen LogP contribution is 2.29. The number of nitrogens with zero attached hydrogens (tertiary/aromatic N) is 1. The van der Waals surface area contributed by atoms with E-state index in [1.807, 2.05) is 6.92 Å². The molecule has 2 amide bonds. The van der Waals surface area contributed by atoms with Crippen molar-refractivity contribution in [2.24, 2.45) is 0 Å². The van der Waals surface area contributed by atoms with Crippen LogP contribution in [0.15, 0.2) is 41.3 Å². The van der Waals surface area contributed by atoms with E-state index in [1.165, 1.54) is 13.0 Å². The maximum atomic E-state index is 12.8. The van der Waals surface area contributed by atoms with Crippen LogP contribution in [-0.4, -0.2) is 26.8 Å². The molecule has 1 heterocycles.